The van der Waals surface area contributed by atoms with Crippen LogP contribution < -0.4 is 10.1 Å². The Balaban J connectivity index is 1.72. The van der Waals surface area contributed by atoms with Gasteiger partial charge in [0.1, 0.15) is 5.75 Å². The third-order valence-corrected chi connectivity index (χ3v) is 7.63. The molecule has 1 N–H and O–H groups in total. The lowest BCUT2D eigenvalue weighted by Gasteiger charge is -2.29. The molecule has 1 fully saturated rings. The first-order valence-corrected chi connectivity index (χ1v) is 11.5. The molecule has 8 heteroatoms. The molecule has 150 valence electrons. The van der Waals surface area contributed by atoms with E-state index in [9.17, 15) is 13.2 Å². The van der Waals surface area contributed by atoms with Gasteiger partial charge in [-0.1, -0.05) is 6.92 Å². The number of hydrogen-bond acceptors (Lipinski definition) is 5. The van der Waals surface area contributed by atoms with E-state index in [0.29, 0.717) is 24.3 Å². The molecular formula is C20H24N2O4S2. The number of hydrogen-bond donors (Lipinski definition) is 1. The quantitative estimate of drug-likeness (QED) is 0.803. The van der Waals surface area contributed by atoms with Crippen LogP contribution in [0.4, 0.5) is 5.69 Å². The summed E-state index contributed by atoms with van der Waals surface area (Å²) in [6.45, 7) is 4.94. The Hall–Kier alpha value is -2.03. The molecule has 1 atom stereocenters. The number of thioether (sulfide) groups is 1. The molecule has 3 rings (SSSR count). The van der Waals surface area contributed by atoms with Crippen LogP contribution in [0.2, 0.25) is 0 Å². The lowest BCUT2D eigenvalue weighted by molar-refractivity contribution is 0.102. The fraction of sp³-hybridized carbons (Fsp3) is 0.350. The second-order valence-corrected chi connectivity index (χ2v) is 10.2. The summed E-state index contributed by atoms with van der Waals surface area (Å²) in [6.07, 6.45) is 0. The number of ether oxygens (including phenoxy) is 1. The van der Waals surface area contributed by atoms with Gasteiger partial charge in [-0.25, -0.2) is 8.42 Å². The molecule has 2 aromatic rings. The number of aryl methyl sites for hydroxylation is 1. The van der Waals surface area contributed by atoms with Crippen molar-refractivity contribution in [1.82, 2.24) is 4.31 Å². The first kappa shape index (κ1) is 20.7. The third-order valence-electron chi connectivity index (χ3n) is 4.61. The average molecular weight is 421 g/mol. The smallest absolute Gasteiger partial charge is 0.255 e. The molecule has 1 amide bonds. The molecule has 1 unspecified atom stereocenters. The van der Waals surface area contributed by atoms with Gasteiger partial charge < -0.3 is 10.1 Å². The molecule has 2 aromatic carbocycles. The van der Waals surface area contributed by atoms with Gasteiger partial charge in [0, 0.05) is 35.3 Å². The van der Waals surface area contributed by atoms with Crippen LogP contribution in [0.15, 0.2) is 47.4 Å². The monoisotopic (exact) mass is 420 g/mol. The van der Waals surface area contributed by atoms with E-state index in [2.05, 4.69) is 5.32 Å². The van der Waals surface area contributed by atoms with Gasteiger partial charge in [0.2, 0.25) is 10.0 Å². The normalized spacial score (nSPS) is 17.9. The summed E-state index contributed by atoms with van der Waals surface area (Å²) in [4.78, 5) is 12.7. The first-order valence-electron chi connectivity index (χ1n) is 8.99. The minimum Gasteiger partial charge on any atom is -0.496 e. The molecule has 0 aliphatic carbocycles. The van der Waals surface area contributed by atoms with Crippen molar-refractivity contribution in [3.63, 3.8) is 0 Å². The molecule has 6 nitrogen and oxygen atoms in total. The number of anilines is 1. The van der Waals surface area contributed by atoms with Gasteiger partial charge in [0.05, 0.1) is 12.0 Å². The van der Waals surface area contributed by atoms with Crippen molar-refractivity contribution < 1.29 is 17.9 Å². The fourth-order valence-corrected chi connectivity index (χ4v) is 5.84. The van der Waals surface area contributed by atoms with Crippen molar-refractivity contribution in [1.29, 1.82) is 0 Å². The summed E-state index contributed by atoms with van der Waals surface area (Å²) in [5.41, 5.74) is 1.92. The summed E-state index contributed by atoms with van der Waals surface area (Å²) in [5.74, 6) is 1.26. The molecule has 1 aliphatic heterocycles. The highest BCUT2D eigenvalue weighted by molar-refractivity contribution is 8.00. The maximum Gasteiger partial charge on any atom is 0.255 e. The maximum atomic E-state index is 12.8. The van der Waals surface area contributed by atoms with Gasteiger partial charge in [-0.2, -0.15) is 16.1 Å². The molecular weight excluding hydrogens is 396 g/mol. The van der Waals surface area contributed by atoms with Gasteiger partial charge in [0.25, 0.3) is 5.91 Å². The van der Waals surface area contributed by atoms with E-state index in [1.165, 1.54) is 16.4 Å². The Morgan fingerprint density at radius 3 is 2.54 bits per heavy atom. The average Bonchev–Trinajstić information content (AvgIpc) is 2.68. The SMILES string of the molecule is COc1ccc(C(=O)Nc2ccc(S(=O)(=O)N3CCSC(C)C3)cc2)cc1C. The lowest BCUT2D eigenvalue weighted by Crippen LogP contribution is -2.40. The second kappa shape index (κ2) is 8.55. The molecule has 0 bridgehead atoms. The topological polar surface area (TPSA) is 75.7 Å². The highest BCUT2D eigenvalue weighted by atomic mass is 32.2. The number of carbonyl (C=O) groups excluding carboxylic acids is 1. The Labute approximate surface area is 170 Å². The zero-order valence-electron chi connectivity index (χ0n) is 16.1. The molecule has 0 saturated carbocycles. The number of sulfonamides is 1. The number of carbonyl (C=O) groups is 1. The van der Waals surface area contributed by atoms with Gasteiger partial charge in [0.15, 0.2) is 0 Å². The van der Waals surface area contributed by atoms with Gasteiger partial charge in [-0.3, -0.25) is 4.79 Å². The zero-order valence-corrected chi connectivity index (χ0v) is 17.8. The minimum atomic E-state index is -3.51. The standard InChI is InChI=1S/C20H24N2O4S2/c1-14-12-16(4-9-19(14)26-3)20(23)21-17-5-7-18(8-6-17)28(24,25)22-10-11-27-15(2)13-22/h4-9,12,15H,10-11,13H2,1-3H3,(H,21,23). The summed E-state index contributed by atoms with van der Waals surface area (Å²) < 4.78 is 32.3. The van der Waals surface area contributed by atoms with Crippen molar-refractivity contribution in [3.8, 4) is 5.75 Å². The van der Waals surface area contributed by atoms with Crippen molar-refractivity contribution >= 4 is 33.4 Å². The third kappa shape index (κ3) is 4.51. The van der Waals surface area contributed by atoms with Crippen LogP contribution in [-0.4, -0.2) is 49.8 Å². The molecule has 1 saturated heterocycles. The molecule has 0 aromatic heterocycles. The van der Waals surface area contributed by atoms with Gasteiger partial charge in [-0.05, 0) is 55.0 Å². The van der Waals surface area contributed by atoms with Crippen LogP contribution in [0, 0.1) is 6.92 Å². The summed E-state index contributed by atoms with van der Waals surface area (Å²) in [6, 6.07) is 11.5. The van der Waals surface area contributed by atoms with E-state index in [-0.39, 0.29) is 16.1 Å². The summed E-state index contributed by atoms with van der Waals surface area (Å²) in [7, 11) is -1.93. The highest BCUT2D eigenvalue weighted by Gasteiger charge is 2.28. The van der Waals surface area contributed by atoms with E-state index in [1.807, 2.05) is 13.8 Å². The Morgan fingerprint density at radius 2 is 1.93 bits per heavy atom. The number of amides is 1. The molecule has 1 heterocycles. The van der Waals surface area contributed by atoms with Crippen molar-refractivity contribution in [2.24, 2.45) is 0 Å². The molecule has 0 spiro atoms. The van der Waals surface area contributed by atoms with E-state index in [1.54, 1.807) is 49.2 Å². The number of benzene rings is 2. The predicted molar refractivity (Wildman–Crippen MR) is 113 cm³/mol. The van der Waals surface area contributed by atoms with Crippen LogP contribution in [-0.2, 0) is 10.0 Å². The Bertz CT molecular complexity index is 959. The van der Waals surface area contributed by atoms with E-state index >= 15 is 0 Å². The molecule has 1 aliphatic rings. The fourth-order valence-electron chi connectivity index (χ4n) is 3.09. The molecule has 0 radical (unpaired) electrons. The van der Waals surface area contributed by atoms with Crippen molar-refractivity contribution in [3.05, 3.63) is 53.6 Å². The number of methoxy groups -OCH3 is 1. The van der Waals surface area contributed by atoms with E-state index in [4.69, 9.17) is 4.74 Å². The Kier molecular flexibility index (Phi) is 6.32. The highest BCUT2D eigenvalue weighted by Crippen LogP contribution is 2.25. The second-order valence-electron chi connectivity index (χ2n) is 6.71. The van der Waals surface area contributed by atoms with Gasteiger partial charge >= 0.3 is 0 Å². The van der Waals surface area contributed by atoms with Crippen LogP contribution in [0.5, 0.6) is 5.75 Å². The Morgan fingerprint density at radius 1 is 1.21 bits per heavy atom. The number of nitrogens with one attached hydrogen (secondary N) is 1. The van der Waals surface area contributed by atoms with Crippen LogP contribution in [0.3, 0.4) is 0 Å². The van der Waals surface area contributed by atoms with Crippen molar-refractivity contribution in [2.45, 2.75) is 24.0 Å². The maximum absolute atomic E-state index is 12.8. The number of rotatable bonds is 5. The summed E-state index contributed by atoms with van der Waals surface area (Å²) >= 11 is 1.78. The van der Waals surface area contributed by atoms with Crippen LogP contribution in [0.1, 0.15) is 22.8 Å². The van der Waals surface area contributed by atoms with Crippen molar-refractivity contribution in [2.75, 3.05) is 31.3 Å². The minimum absolute atomic E-state index is 0.241. The molecule has 28 heavy (non-hydrogen) atoms. The van der Waals surface area contributed by atoms with Crippen LogP contribution >= 0.6 is 11.8 Å². The van der Waals surface area contributed by atoms with E-state index < -0.39 is 10.0 Å². The number of nitrogens with zero attached hydrogens (tertiary/aromatic N) is 1. The lowest BCUT2D eigenvalue weighted by atomic mass is 10.1. The van der Waals surface area contributed by atoms with Crippen LogP contribution in [0.25, 0.3) is 0 Å². The summed E-state index contributed by atoms with van der Waals surface area (Å²) in [5, 5.41) is 3.08. The largest absolute Gasteiger partial charge is 0.496 e. The first-order chi connectivity index (χ1) is 13.3. The van der Waals surface area contributed by atoms with E-state index in [0.717, 1.165) is 17.1 Å². The van der Waals surface area contributed by atoms with Gasteiger partial charge in [-0.15, -0.1) is 0 Å². The zero-order chi connectivity index (χ0) is 20.3. The predicted octanol–water partition coefficient (Wildman–Crippen LogP) is 3.38.